The molecular weight excluding hydrogens is 389 g/mol. The molecule has 0 aliphatic heterocycles. The molecule has 0 bridgehead atoms. The zero-order chi connectivity index (χ0) is 20.6. The lowest BCUT2D eigenvalue weighted by atomic mass is 10.2. The molecule has 0 spiro atoms. The first-order chi connectivity index (χ1) is 14.0. The molecule has 3 aromatic carbocycles. The second-order valence-corrected chi connectivity index (χ2v) is 6.57. The lowest BCUT2D eigenvalue weighted by Crippen LogP contribution is -2.34. The lowest BCUT2D eigenvalue weighted by molar-refractivity contribution is 0.0948. The average Bonchev–Trinajstić information content (AvgIpc) is 2.73. The summed E-state index contributed by atoms with van der Waals surface area (Å²) in [4.78, 5) is 24.3. The van der Waals surface area contributed by atoms with Gasteiger partial charge in [0, 0.05) is 23.4 Å². The Bertz CT molecular complexity index is 1010. The number of hydrogen-bond acceptors (Lipinski definition) is 3. The van der Waals surface area contributed by atoms with E-state index < -0.39 is 11.7 Å². The van der Waals surface area contributed by atoms with Crippen molar-refractivity contribution in [3.63, 3.8) is 0 Å². The van der Waals surface area contributed by atoms with Crippen molar-refractivity contribution in [3.8, 4) is 0 Å². The van der Waals surface area contributed by atoms with Crippen LogP contribution in [-0.2, 0) is 6.54 Å². The van der Waals surface area contributed by atoms with Gasteiger partial charge in [0.05, 0.1) is 0 Å². The molecule has 0 heterocycles. The fraction of sp³-hybridized carbons (Fsp3) is 0.0455. The second-order valence-electron chi connectivity index (χ2n) is 6.16. The van der Waals surface area contributed by atoms with Gasteiger partial charge in [-0.3, -0.25) is 14.9 Å². The molecule has 0 saturated carbocycles. The van der Waals surface area contributed by atoms with E-state index in [2.05, 4.69) is 16.0 Å². The molecule has 146 valence electrons. The van der Waals surface area contributed by atoms with Crippen molar-refractivity contribution in [3.05, 3.63) is 101 Å². The molecule has 0 unspecified atom stereocenters. The number of halogens is 1. The largest absolute Gasteiger partial charge is 0.348 e. The molecule has 0 fully saturated rings. The van der Waals surface area contributed by atoms with E-state index in [1.54, 1.807) is 24.3 Å². The molecule has 5 nitrogen and oxygen atoms in total. The van der Waals surface area contributed by atoms with Crippen LogP contribution in [0.4, 0.5) is 10.1 Å². The summed E-state index contributed by atoms with van der Waals surface area (Å²) in [5.41, 5.74) is 2.43. The van der Waals surface area contributed by atoms with E-state index in [1.165, 1.54) is 24.3 Å². The van der Waals surface area contributed by atoms with Crippen molar-refractivity contribution in [2.45, 2.75) is 6.54 Å². The standard InChI is InChI=1S/C22H18FN3O2S/c23-18-10-6-17(7-11-18)21(28)26-22(29)25-19-12-8-16(9-13-19)20(27)24-14-15-4-2-1-3-5-15/h1-13H,14H2,(H,24,27)(H2,25,26,28,29). The van der Waals surface area contributed by atoms with Crippen molar-refractivity contribution < 1.29 is 14.0 Å². The third-order valence-electron chi connectivity index (χ3n) is 4.03. The van der Waals surface area contributed by atoms with Gasteiger partial charge in [0.15, 0.2) is 5.11 Å². The van der Waals surface area contributed by atoms with Gasteiger partial charge in [-0.25, -0.2) is 4.39 Å². The summed E-state index contributed by atoms with van der Waals surface area (Å²) in [7, 11) is 0. The first-order valence-electron chi connectivity index (χ1n) is 8.81. The molecule has 3 aromatic rings. The SMILES string of the molecule is O=C(NCc1ccccc1)c1ccc(NC(=S)NC(=O)c2ccc(F)cc2)cc1. The van der Waals surface area contributed by atoms with Crippen LogP contribution in [0.5, 0.6) is 0 Å². The van der Waals surface area contributed by atoms with Gasteiger partial charge in [-0.2, -0.15) is 0 Å². The minimum atomic E-state index is -0.445. The zero-order valence-corrected chi connectivity index (χ0v) is 16.1. The molecule has 2 amide bonds. The Morgan fingerprint density at radius 1 is 0.793 bits per heavy atom. The molecule has 3 rings (SSSR count). The fourth-order valence-corrected chi connectivity index (χ4v) is 2.73. The summed E-state index contributed by atoms with van der Waals surface area (Å²) in [5.74, 6) is -1.05. The highest BCUT2D eigenvalue weighted by Gasteiger charge is 2.09. The monoisotopic (exact) mass is 407 g/mol. The number of nitrogens with one attached hydrogen (secondary N) is 3. The van der Waals surface area contributed by atoms with Crippen LogP contribution in [-0.4, -0.2) is 16.9 Å². The molecule has 29 heavy (non-hydrogen) atoms. The normalized spacial score (nSPS) is 10.1. The second kappa shape index (κ2) is 9.57. The van der Waals surface area contributed by atoms with Crippen molar-refractivity contribution in [2.24, 2.45) is 0 Å². The first-order valence-corrected chi connectivity index (χ1v) is 9.22. The molecule has 0 atom stereocenters. The Balaban J connectivity index is 1.51. The van der Waals surface area contributed by atoms with E-state index in [-0.39, 0.29) is 11.0 Å². The zero-order valence-electron chi connectivity index (χ0n) is 15.3. The van der Waals surface area contributed by atoms with Gasteiger partial charge in [-0.1, -0.05) is 30.3 Å². The van der Waals surface area contributed by atoms with E-state index in [4.69, 9.17) is 12.2 Å². The fourth-order valence-electron chi connectivity index (χ4n) is 2.52. The summed E-state index contributed by atoms with van der Waals surface area (Å²) in [6.07, 6.45) is 0. The van der Waals surface area contributed by atoms with Gasteiger partial charge in [-0.15, -0.1) is 0 Å². The number of carbonyl (C=O) groups is 2. The summed E-state index contributed by atoms with van der Waals surface area (Å²) in [6.45, 7) is 0.444. The maximum absolute atomic E-state index is 12.9. The van der Waals surface area contributed by atoms with E-state index in [9.17, 15) is 14.0 Å². The molecule has 0 aliphatic carbocycles. The van der Waals surface area contributed by atoms with Crippen LogP contribution in [0.15, 0.2) is 78.9 Å². The highest BCUT2D eigenvalue weighted by Crippen LogP contribution is 2.10. The predicted molar refractivity (Wildman–Crippen MR) is 114 cm³/mol. The van der Waals surface area contributed by atoms with Crippen molar-refractivity contribution in [1.29, 1.82) is 0 Å². The van der Waals surface area contributed by atoms with Gasteiger partial charge < -0.3 is 10.6 Å². The number of amides is 2. The number of anilines is 1. The quantitative estimate of drug-likeness (QED) is 0.562. The number of thiocarbonyl (C=S) groups is 1. The summed E-state index contributed by atoms with van der Waals surface area (Å²) in [6, 6.07) is 21.5. The number of carbonyl (C=O) groups excluding carboxylic acids is 2. The van der Waals surface area contributed by atoms with Crippen LogP contribution in [0, 0.1) is 5.82 Å². The maximum Gasteiger partial charge on any atom is 0.257 e. The molecule has 0 radical (unpaired) electrons. The Labute approximate surface area is 173 Å². The van der Waals surface area contributed by atoms with Gasteiger partial charge >= 0.3 is 0 Å². The van der Waals surface area contributed by atoms with Gasteiger partial charge in [0.25, 0.3) is 11.8 Å². The molecular formula is C22H18FN3O2S. The minimum absolute atomic E-state index is 0.0978. The van der Waals surface area contributed by atoms with Crippen LogP contribution < -0.4 is 16.0 Å². The van der Waals surface area contributed by atoms with E-state index in [1.807, 2.05) is 30.3 Å². The highest BCUT2D eigenvalue weighted by molar-refractivity contribution is 7.80. The van der Waals surface area contributed by atoms with Gasteiger partial charge in [0.2, 0.25) is 0 Å². The summed E-state index contributed by atoms with van der Waals surface area (Å²) < 4.78 is 12.9. The number of benzene rings is 3. The Morgan fingerprint density at radius 2 is 1.38 bits per heavy atom. The molecule has 7 heteroatoms. The molecule has 0 aromatic heterocycles. The topological polar surface area (TPSA) is 70.2 Å². The smallest absolute Gasteiger partial charge is 0.257 e. The maximum atomic E-state index is 12.9. The molecule has 3 N–H and O–H groups in total. The van der Waals surface area contributed by atoms with Crippen LogP contribution in [0.2, 0.25) is 0 Å². The third kappa shape index (κ3) is 5.95. The third-order valence-corrected chi connectivity index (χ3v) is 4.24. The Kier molecular flexibility index (Phi) is 6.65. The van der Waals surface area contributed by atoms with Crippen LogP contribution in [0.25, 0.3) is 0 Å². The predicted octanol–water partition coefficient (Wildman–Crippen LogP) is 3.88. The van der Waals surface area contributed by atoms with Crippen LogP contribution >= 0.6 is 12.2 Å². The van der Waals surface area contributed by atoms with Gasteiger partial charge in [0.1, 0.15) is 5.82 Å². The van der Waals surface area contributed by atoms with E-state index in [0.717, 1.165) is 5.56 Å². The van der Waals surface area contributed by atoms with Crippen molar-refractivity contribution >= 4 is 34.8 Å². The summed E-state index contributed by atoms with van der Waals surface area (Å²) in [5, 5.41) is 8.34. The molecule has 0 aliphatic rings. The number of rotatable bonds is 5. The van der Waals surface area contributed by atoms with Crippen molar-refractivity contribution in [2.75, 3.05) is 5.32 Å². The first kappa shape index (κ1) is 20.2. The van der Waals surface area contributed by atoms with E-state index >= 15 is 0 Å². The highest BCUT2D eigenvalue weighted by atomic mass is 32.1. The van der Waals surface area contributed by atoms with Gasteiger partial charge in [-0.05, 0) is 66.3 Å². The van der Waals surface area contributed by atoms with Crippen LogP contribution in [0.3, 0.4) is 0 Å². The van der Waals surface area contributed by atoms with E-state index in [0.29, 0.717) is 23.4 Å². The lowest BCUT2D eigenvalue weighted by Gasteiger charge is -2.10. The van der Waals surface area contributed by atoms with Crippen molar-refractivity contribution in [1.82, 2.24) is 10.6 Å². The minimum Gasteiger partial charge on any atom is -0.348 e. The Morgan fingerprint density at radius 3 is 2.03 bits per heavy atom. The summed E-state index contributed by atoms with van der Waals surface area (Å²) >= 11 is 5.12. The molecule has 0 saturated heterocycles. The average molecular weight is 407 g/mol. The van der Waals surface area contributed by atoms with Crippen LogP contribution in [0.1, 0.15) is 26.3 Å². The number of hydrogen-bond donors (Lipinski definition) is 3. The Hall–Kier alpha value is -3.58.